The Balaban J connectivity index is 1.67. The van der Waals surface area contributed by atoms with Crippen LogP contribution >= 0.6 is 11.3 Å². The zero-order valence-corrected chi connectivity index (χ0v) is 12.2. The van der Waals surface area contributed by atoms with Crippen molar-refractivity contribution >= 4 is 23.2 Å². The number of amides is 1. The zero-order valence-electron chi connectivity index (χ0n) is 11.3. The average molecular weight is 301 g/mol. The fourth-order valence-electron chi connectivity index (χ4n) is 2.65. The van der Waals surface area contributed by atoms with Crippen molar-refractivity contribution in [2.45, 2.75) is 25.3 Å². The molecule has 4 nitrogen and oxygen atoms in total. The highest BCUT2D eigenvalue weighted by Crippen LogP contribution is 2.22. The molecule has 0 fully saturated rings. The van der Waals surface area contributed by atoms with E-state index >= 15 is 0 Å². The van der Waals surface area contributed by atoms with Gasteiger partial charge in [-0.2, -0.15) is 0 Å². The lowest BCUT2D eigenvalue weighted by molar-refractivity contribution is 0.0702. The van der Waals surface area contributed by atoms with Gasteiger partial charge in [0.15, 0.2) is 0 Å². The lowest BCUT2D eigenvalue weighted by atomic mass is 9.88. The van der Waals surface area contributed by atoms with Gasteiger partial charge in [0.2, 0.25) is 0 Å². The molecular formula is C16H15NO3S. The van der Waals surface area contributed by atoms with E-state index in [9.17, 15) is 9.59 Å². The van der Waals surface area contributed by atoms with Crippen LogP contribution in [0, 0.1) is 0 Å². The molecule has 1 aromatic heterocycles. The number of hydrogen-bond donors (Lipinski definition) is 2. The zero-order chi connectivity index (χ0) is 14.8. The molecule has 1 heterocycles. The van der Waals surface area contributed by atoms with E-state index in [0.29, 0.717) is 4.88 Å². The monoisotopic (exact) mass is 301 g/mol. The smallest absolute Gasteiger partial charge is 0.345 e. The number of aryl methyl sites for hydroxylation is 1. The van der Waals surface area contributed by atoms with Crippen molar-refractivity contribution in [2.75, 3.05) is 0 Å². The Kier molecular flexibility index (Phi) is 3.75. The van der Waals surface area contributed by atoms with Crippen LogP contribution < -0.4 is 5.32 Å². The molecule has 3 rings (SSSR count). The first kappa shape index (κ1) is 13.8. The number of fused-ring (bicyclic) bond motifs is 1. The van der Waals surface area contributed by atoms with Gasteiger partial charge >= 0.3 is 5.97 Å². The quantitative estimate of drug-likeness (QED) is 0.916. The van der Waals surface area contributed by atoms with E-state index in [0.717, 1.165) is 30.6 Å². The Morgan fingerprint density at radius 2 is 1.81 bits per heavy atom. The van der Waals surface area contributed by atoms with Gasteiger partial charge < -0.3 is 10.4 Å². The molecule has 1 aliphatic rings. The lowest BCUT2D eigenvalue weighted by Gasteiger charge is -2.25. The minimum absolute atomic E-state index is 0.114. The van der Waals surface area contributed by atoms with Gasteiger partial charge in [0, 0.05) is 6.04 Å². The van der Waals surface area contributed by atoms with Crippen molar-refractivity contribution in [1.82, 2.24) is 5.32 Å². The summed E-state index contributed by atoms with van der Waals surface area (Å²) < 4.78 is 0. The topological polar surface area (TPSA) is 66.4 Å². The van der Waals surface area contributed by atoms with E-state index in [1.807, 2.05) is 12.1 Å². The highest BCUT2D eigenvalue weighted by molar-refractivity contribution is 7.15. The summed E-state index contributed by atoms with van der Waals surface area (Å²) in [5.41, 5.74) is 2.64. The predicted octanol–water partition coefficient (Wildman–Crippen LogP) is 2.73. The number of hydrogen-bond acceptors (Lipinski definition) is 3. The van der Waals surface area contributed by atoms with Gasteiger partial charge in [-0.15, -0.1) is 11.3 Å². The van der Waals surface area contributed by atoms with Gasteiger partial charge in [0.25, 0.3) is 5.91 Å². The maximum absolute atomic E-state index is 12.2. The number of nitrogens with one attached hydrogen (secondary N) is 1. The summed E-state index contributed by atoms with van der Waals surface area (Å²) in [6.07, 6.45) is 2.71. The molecule has 2 aromatic rings. The fourth-order valence-corrected chi connectivity index (χ4v) is 3.40. The minimum atomic E-state index is -0.995. The van der Waals surface area contributed by atoms with E-state index in [1.54, 1.807) is 6.07 Å². The number of carbonyl (C=O) groups excluding carboxylic acids is 1. The molecule has 0 bridgehead atoms. The molecule has 0 spiro atoms. The Labute approximate surface area is 126 Å². The van der Waals surface area contributed by atoms with E-state index < -0.39 is 5.97 Å². The molecule has 1 unspecified atom stereocenters. The van der Waals surface area contributed by atoms with Crippen LogP contribution in [0.25, 0.3) is 0 Å². The molecule has 0 aliphatic heterocycles. The van der Waals surface area contributed by atoms with Crippen LogP contribution in [0.5, 0.6) is 0 Å². The second kappa shape index (κ2) is 5.69. The van der Waals surface area contributed by atoms with Gasteiger partial charge in [0.1, 0.15) is 4.88 Å². The van der Waals surface area contributed by atoms with Crippen LogP contribution in [0.2, 0.25) is 0 Å². The van der Waals surface area contributed by atoms with Crippen molar-refractivity contribution < 1.29 is 14.7 Å². The molecule has 1 amide bonds. The molecule has 108 valence electrons. The molecular weight excluding hydrogens is 286 g/mol. The minimum Gasteiger partial charge on any atom is -0.477 e. The second-order valence-electron chi connectivity index (χ2n) is 5.15. The van der Waals surface area contributed by atoms with Crippen molar-refractivity contribution in [3.63, 3.8) is 0 Å². The third kappa shape index (κ3) is 2.97. The maximum atomic E-state index is 12.2. The summed E-state index contributed by atoms with van der Waals surface area (Å²) in [4.78, 5) is 23.6. The first-order valence-corrected chi connectivity index (χ1v) is 7.66. The summed E-state index contributed by atoms with van der Waals surface area (Å²) in [7, 11) is 0. The van der Waals surface area contributed by atoms with Crippen LogP contribution in [-0.2, 0) is 12.8 Å². The molecule has 5 heteroatoms. The number of carboxylic acids is 1. The van der Waals surface area contributed by atoms with E-state index in [2.05, 4.69) is 17.4 Å². The second-order valence-corrected chi connectivity index (χ2v) is 6.23. The van der Waals surface area contributed by atoms with Gasteiger partial charge in [-0.25, -0.2) is 4.79 Å². The first-order valence-electron chi connectivity index (χ1n) is 6.84. The van der Waals surface area contributed by atoms with Gasteiger partial charge in [0.05, 0.1) is 4.88 Å². The molecule has 0 saturated heterocycles. The summed E-state index contributed by atoms with van der Waals surface area (Å²) >= 11 is 1.01. The SMILES string of the molecule is O=C(O)c1ccc(C(=O)NC2CCc3ccccc3C2)s1. The Morgan fingerprint density at radius 1 is 1.10 bits per heavy atom. The average Bonchev–Trinajstić information content (AvgIpc) is 2.97. The summed E-state index contributed by atoms with van der Waals surface area (Å²) in [6, 6.07) is 11.4. The predicted molar refractivity (Wildman–Crippen MR) is 81.0 cm³/mol. The molecule has 0 saturated carbocycles. The Bertz CT molecular complexity index is 692. The number of carboxylic acid groups (broad SMARTS) is 1. The molecule has 0 radical (unpaired) electrons. The highest BCUT2D eigenvalue weighted by atomic mass is 32.1. The Hall–Kier alpha value is -2.14. The number of benzene rings is 1. The van der Waals surface area contributed by atoms with E-state index in [4.69, 9.17) is 5.11 Å². The molecule has 1 aromatic carbocycles. The first-order chi connectivity index (χ1) is 10.1. The third-order valence-electron chi connectivity index (χ3n) is 3.72. The van der Waals surface area contributed by atoms with Crippen LogP contribution in [0.3, 0.4) is 0 Å². The van der Waals surface area contributed by atoms with Crippen LogP contribution in [0.1, 0.15) is 36.9 Å². The maximum Gasteiger partial charge on any atom is 0.345 e. The number of aromatic carboxylic acids is 1. The Morgan fingerprint density at radius 3 is 2.52 bits per heavy atom. The largest absolute Gasteiger partial charge is 0.477 e. The normalized spacial score (nSPS) is 17.0. The van der Waals surface area contributed by atoms with Gasteiger partial charge in [-0.3, -0.25) is 4.79 Å². The van der Waals surface area contributed by atoms with Crippen LogP contribution in [-0.4, -0.2) is 23.0 Å². The molecule has 21 heavy (non-hydrogen) atoms. The molecule has 2 N–H and O–H groups in total. The lowest BCUT2D eigenvalue weighted by Crippen LogP contribution is -2.38. The van der Waals surface area contributed by atoms with Crippen molar-refractivity contribution in [3.8, 4) is 0 Å². The summed E-state index contributed by atoms with van der Waals surface area (Å²) in [5.74, 6) is -1.18. The van der Waals surface area contributed by atoms with Gasteiger partial charge in [-0.05, 0) is 42.5 Å². The molecule has 1 aliphatic carbocycles. The standard InChI is InChI=1S/C16H15NO3S/c18-15(13-7-8-14(21-13)16(19)20)17-12-6-5-10-3-1-2-4-11(10)9-12/h1-4,7-8,12H,5-6,9H2,(H,17,18)(H,19,20). The van der Waals surface area contributed by atoms with Crippen molar-refractivity contribution in [2.24, 2.45) is 0 Å². The van der Waals surface area contributed by atoms with E-state index in [1.165, 1.54) is 17.2 Å². The number of rotatable bonds is 3. The van der Waals surface area contributed by atoms with Gasteiger partial charge in [-0.1, -0.05) is 24.3 Å². The summed E-state index contributed by atoms with van der Waals surface area (Å²) in [5, 5.41) is 11.9. The third-order valence-corrected chi connectivity index (χ3v) is 4.79. The molecule has 1 atom stereocenters. The van der Waals surface area contributed by atoms with Crippen LogP contribution in [0.4, 0.5) is 0 Å². The summed E-state index contributed by atoms with van der Waals surface area (Å²) in [6.45, 7) is 0. The number of thiophene rings is 1. The fraction of sp³-hybridized carbons (Fsp3) is 0.250. The highest BCUT2D eigenvalue weighted by Gasteiger charge is 2.21. The van der Waals surface area contributed by atoms with Crippen molar-refractivity contribution in [3.05, 3.63) is 57.3 Å². The van der Waals surface area contributed by atoms with Crippen LogP contribution in [0.15, 0.2) is 36.4 Å². The van der Waals surface area contributed by atoms with Crippen molar-refractivity contribution in [1.29, 1.82) is 0 Å². The number of carbonyl (C=O) groups is 2. The van der Waals surface area contributed by atoms with E-state index in [-0.39, 0.29) is 16.8 Å².